The number of halogens is 2. The number of hydrogen-bond donors (Lipinski definition) is 1. The summed E-state index contributed by atoms with van der Waals surface area (Å²) < 4.78 is 27.5. The van der Waals surface area contributed by atoms with E-state index < -0.39 is 10.0 Å². The first-order valence-electron chi connectivity index (χ1n) is 7.47. The van der Waals surface area contributed by atoms with Crippen LogP contribution in [0.3, 0.4) is 0 Å². The van der Waals surface area contributed by atoms with Gasteiger partial charge in [0.1, 0.15) is 0 Å². The number of nitrogens with zero attached hydrogens (tertiary/aromatic N) is 1. The number of anilines is 1. The first-order valence-corrected chi connectivity index (χ1v) is 9.71. The van der Waals surface area contributed by atoms with Crippen LogP contribution in [0.25, 0.3) is 11.1 Å². The maximum absolute atomic E-state index is 12.5. The van der Waals surface area contributed by atoms with Crippen LogP contribution in [-0.2, 0) is 10.0 Å². The molecule has 3 rings (SSSR count). The van der Waals surface area contributed by atoms with Gasteiger partial charge < -0.3 is 0 Å². The zero-order valence-corrected chi connectivity index (χ0v) is 15.6. The summed E-state index contributed by atoms with van der Waals surface area (Å²) in [6.45, 7) is 0. The summed E-state index contributed by atoms with van der Waals surface area (Å²) >= 11 is 12.1. The third kappa shape index (κ3) is 4.00. The van der Waals surface area contributed by atoms with Crippen LogP contribution >= 0.6 is 23.2 Å². The molecule has 0 aromatic heterocycles. The Hall–Kier alpha value is -2.52. The van der Waals surface area contributed by atoms with Crippen LogP contribution < -0.4 is 4.72 Å². The fourth-order valence-corrected chi connectivity index (χ4v) is 3.94. The Morgan fingerprint density at radius 2 is 1.54 bits per heavy atom. The van der Waals surface area contributed by atoms with E-state index in [1.165, 1.54) is 24.3 Å². The highest BCUT2D eigenvalue weighted by Crippen LogP contribution is 2.31. The lowest BCUT2D eigenvalue weighted by atomic mass is 10.1. The molecule has 130 valence electrons. The molecule has 0 aliphatic carbocycles. The van der Waals surface area contributed by atoms with E-state index in [4.69, 9.17) is 28.5 Å². The highest BCUT2D eigenvalue weighted by atomic mass is 35.5. The topological polar surface area (TPSA) is 70.0 Å². The third-order valence-electron chi connectivity index (χ3n) is 3.67. The lowest BCUT2D eigenvalue weighted by Crippen LogP contribution is -2.12. The molecule has 0 amide bonds. The number of nitrogens with one attached hydrogen (secondary N) is 1. The summed E-state index contributed by atoms with van der Waals surface area (Å²) in [5.41, 5.74) is 2.38. The van der Waals surface area contributed by atoms with Gasteiger partial charge in [-0.2, -0.15) is 5.26 Å². The Labute approximate surface area is 161 Å². The molecular formula is C19H12Cl2N2O2S. The highest BCUT2D eigenvalue weighted by molar-refractivity contribution is 7.92. The lowest BCUT2D eigenvalue weighted by Gasteiger charge is -2.10. The molecule has 0 atom stereocenters. The lowest BCUT2D eigenvalue weighted by molar-refractivity contribution is 0.601. The van der Waals surface area contributed by atoms with Crippen LogP contribution in [0.15, 0.2) is 71.6 Å². The zero-order valence-electron chi connectivity index (χ0n) is 13.3. The smallest absolute Gasteiger partial charge is 0.261 e. The van der Waals surface area contributed by atoms with Gasteiger partial charge in [-0.1, -0.05) is 41.4 Å². The van der Waals surface area contributed by atoms with Crippen LogP contribution in [0.4, 0.5) is 5.69 Å². The Balaban J connectivity index is 1.85. The first-order chi connectivity index (χ1) is 12.4. The summed E-state index contributed by atoms with van der Waals surface area (Å²) in [6.07, 6.45) is 0. The number of nitriles is 1. The molecule has 0 spiro atoms. The van der Waals surface area contributed by atoms with Crippen LogP contribution in [0.5, 0.6) is 0 Å². The van der Waals surface area contributed by atoms with E-state index in [1.807, 2.05) is 6.07 Å². The molecule has 0 saturated heterocycles. The van der Waals surface area contributed by atoms with Gasteiger partial charge in [0.05, 0.1) is 16.5 Å². The fraction of sp³-hybridized carbons (Fsp3) is 0. The maximum Gasteiger partial charge on any atom is 0.261 e. The van der Waals surface area contributed by atoms with Gasteiger partial charge in [-0.3, -0.25) is 4.72 Å². The van der Waals surface area contributed by atoms with Gasteiger partial charge in [0.25, 0.3) is 10.0 Å². The van der Waals surface area contributed by atoms with E-state index in [9.17, 15) is 8.42 Å². The van der Waals surface area contributed by atoms with Gasteiger partial charge >= 0.3 is 0 Å². The molecule has 0 saturated carbocycles. The predicted molar refractivity (Wildman–Crippen MR) is 104 cm³/mol. The van der Waals surface area contributed by atoms with Crippen LogP contribution in [0, 0.1) is 11.3 Å². The normalized spacial score (nSPS) is 11.0. The Kier molecular flexibility index (Phi) is 5.19. The molecule has 3 aromatic carbocycles. The van der Waals surface area contributed by atoms with Crippen molar-refractivity contribution in [2.75, 3.05) is 4.72 Å². The second-order valence-electron chi connectivity index (χ2n) is 5.44. The van der Waals surface area contributed by atoms with Gasteiger partial charge in [-0.05, 0) is 54.1 Å². The number of hydrogen-bond acceptors (Lipinski definition) is 3. The van der Waals surface area contributed by atoms with E-state index in [-0.39, 0.29) is 4.90 Å². The first kappa shape index (κ1) is 18.3. The van der Waals surface area contributed by atoms with E-state index in [0.717, 1.165) is 11.1 Å². The Morgan fingerprint density at radius 1 is 0.885 bits per heavy atom. The van der Waals surface area contributed by atoms with Crippen molar-refractivity contribution in [3.8, 4) is 17.2 Å². The van der Waals surface area contributed by atoms with Gasteiger partial charge in [0.15, 0.2) is 0 Å². The minimum atomic E-state index is -3.74. The van der Waals surface area contributed by atoms with Crippen molar-refractivity contribution in [2.45, 2.75) is 4.90 Å². The van der Waals surface area contributed by atoms with E-state index >= 15 is 0 Å². The number of rotatable bonds is 4. The molecule has 0 aliphatic heterocycles. The summed E-state index contributed by atoms with van der Waals surface area (Å²) in [5, 5.41) is 9.81. The van der Waals surface area contributed by atoms with E-state index in [1.54, 1.807) is 42.5 Å². The van der Waals surface area contributed by atoms with Crippen molar-refractivity contribution in [2.24, 2.45) is 0 Å². The number of benzene rings is 3. The molecule has 26 heavy (non-hydrogen) atoms. The fourth-order valence-electron chi connectivity index (χ4n) is 2.36. The van der Waals surface area contributed by atoms with Crippen molar-refractivity contribution in [3.05, 3.63) is 82.3 Å². The minimum absolute atomic E-state index is 0.121. The molecule has 1 N–H and O–H groups in total. The van der Waals surface area contributed by atoms with Crippen molar-refractivity contribution in [1.29, 1.82) is 5.26 Å². The monoisotopic (exact) mass is 402 g/mol. The molecule has 0 aliphatic rings. The molecule has 3 aromatic rings. The van der Waals surface area contributed by atoms with Gasteiger partial charge in [0, 0.05) is 21.3 Å². The quantitative estimate of drug-likeness (QED) is 0.640. The van der Waals surface area contributed by atoms with Crippen molar-refractivity contribution in [3.63, 3.8) is 0 Å². The van der Waals surface area contributed by atoms with Crippen LogP contribution in [0.2, 0.25) is 10.0 Å². The molecule has 0 heterocycles. The zero-order chi connectivity index (χ0) is 18.7. The largest absolute Gasteiger partial charge is 0.280 e. The van der Waals surface area contributed by atoms with Gasteiger partial charge in [0.2, 0.25) is 0 Å². The molecular weight excluding hydrogens is 391 g/mol. The SMILES string of the molecule is N#Cc1ccc(NS(=O)(=O)c2ccc(-c3ccc(Cl)cc3Cl)cc2)cc1. The van der Waals surface area contributed by atoms with Crippen LogP contribution in [0.1, 0.15) is 5.56 Å². The van der Waals surface area contributed by atoms with E-state index in [0.29, 0.717) is 21.3 Å². The molecule has 4 nitrogen and oxygen atoms in total. The Bertz CT molecular complexity index is 1090. The van der Waals surface area contributed by atoms with Crippen molar-refractivity contribution >= 4 is 38.9 Å². The number of sulfonamides is 1. The van der Waals surface area contributed by atoms with Crippen molar-refractivity contribution < 1.29 is 8.42 Å². The third-order valence-corrected chi connectivity index (χ3v) is 5.62. The standard InChI is InChI=1S/C19H12Cl2N2O2S/c20-15-5-10-18(19(21)11-15)14-3-8-17(9-4-14)26(24,25)23-16-6-1-13(12-22)2-7-16/h1-11,23H. The van der Waals surface area contributed by atoms with E-state index in [2.05, 4.69) is 4.72 Å². The summed E-state index contributed by atoms with van der Waals surface area (Å²) in [4.78, 5) is 0.121. The molecule has 0 fully saturated rings. The van der Waals surface area contributed by atoms with Gasteiger partial charge in [-0.25, -0.2) is 8.42 Å². The van der Waals surface area contributed by atoms with Crippen LogP contribution in [-0.4, -0.2) is 8.42 Å². The second-order valence-corrected chi connectivity index (χ2v) is 7.97. The Morgan fingerprint density at radius 3 is 2.12 bits per heavy atom. The molecule has 7 heteroatoms. The highest BCUT2D eigenvalue weighted by Gasteiger charge is 2.15. The minimum Gasteiger partial charge on any atom is -0.280 e. The average Bonchev–Trinajstić information content (AvgIpc) is 2.62. The summed E-state index contributed by atoms with van der Waals surface area (Å²) in [5.74, 6) is 0. The average molecular weight is 403 g/mol. The molecule has 0 bridgehead atoms. The second kappa shape index (κ2) is 7.38. The molecule has 0 unspecified atom stereocenters. The summed E-state index contributed by atoms with van der Waals surface area (Å²) in [6, 6.07) is 19.7. The predicted octanol–water partition coefficient (Wildman–Crippen LogP) is 5.33. The van der Waals surface area contributed by atoms with Crippen molar-refractivity contribution in [1.82, 2.24) is 0 Å². The summed E-state index contributed by atoms with van der Waals surface area (Å²) in [7, 11) is -3.74. The maximum atomic E-state index is 12.5. The van der Waals surface area contributed by atoms with Gasteiger partial charge in [-0.15, -0.1) is 0 Å². The molecule has 0 radical (unpaired) electrons.